The zero-order chi connectivity index (χ0) is 28.1. The summed E-state index contributed by atoms with van der Waals surface area (Å²) in [5, 5.41) is 8.14. The van der Waals surface area contributed by atoms with Gasteiger partial charge in [-0.05, 0) is 60.8 Å². The molecule has 3 fully saturated rings. The van der Waals surface area contributed by atoms with Crippen LogP contribution in [0.1, 0.15) is 65.9 Å². The summed E-state index contributed by atoms with van der Waals surface area (Å²) in [7, 11) is 1.63. The van der Waals surface area contributed by atoms with Gasteiger partial charge in [0.2, 0.25) is 5.95 Å². The van der Waals surface area contributed by atoms with Crippen LogP contribution in [-0.2, 0) is 28.4 Å². The predicted octanol–water partition coefficient (Wildman–Crippen LogP) is 5.09. The van der Waals surface area contributed by atoms with E-state index < -0.39 is 23.8 Å². The number of ether oxygens (including phenoxy) is 1. The second-order valence-corrected chi connectivity index (χ2v) is 11.1. The van der Waals surface area contributed by atoms with E-state index in [1.165, 1.54) is 23.4 Å². The summed E-state index contributed by atoms with van der Waals surface area (Å²) in [5.41, 5.74) is 3.33. The highest BCUT2D eigenvalue weighted by Crippen LogP contribution is 2.75. The highest BCUT2D eigenvalue weighted by Gasteiger charge is 2.68. The average molecular weight is 544 g/mol. The number of carbonyl (C=O) groups excluding carboxylic acids is 2. The summed E-state index contributed by atoms with van der Waals surface area (Å²) in [6, 6.07) is 14.9. The largest absolute Gasteiger partial charge is 0.457 e. The van der Waals surface area contributed by atoms with E-state index in [0.717, 1.165) is 31.5 Å². The lowest BCUT2D eigenvalue weighted by atomic mass is 9.32. The SMILES string of the molecule is C[C@@H](OC(=O)Cc1c(-c2ccc(C(=O)CC34CC(c5ccccc5)(C3)C4)cn2)nnn1C)c1cc(F)cnc1F. The number of pyridine rings is 2. The zero-order valence-electron chi connectivity index (χ0n) is 22.1. The number of halogens is 2. The molecule has 204 valence electrons. The molecule has 3 aliphatic rings. The lowest BCUT2D eigenvalue weighted by molar-refractivity contribution is -0.148. The third-order valence-corrected chi connectivity index (χ3v) is 8.22. The van der Waals surface area contributed by atoms with Crippen LogP contribution >= 0.6 is 0 Å². The first kappa shape index (κ1) is 25.9. The molecule has 2 bridgehead atoms. The van der Waals surface area contributed by atoms with Gasteiger partial charge in [-0.15, -0.1) is 5.10 Å². The minimum atomic E-state index is -1.05. The Balaban J connectivity index is 1.09. The number of carbonyl (C=O) groups is 2. The molecule has 0 aliphatic heterocycles. The van der Waals surface area contributed by atoms with Crippen molar-refractivity contribution in [3.8, 4) is 11.4 Å². The molecule has 0 N–H and O–H groups in total. The Hall–Kier alpha value is -4.34. The summed E-state index contributed by atoms with van der Waals surface area (Å²) in [6.45, 7) is 1.44. The van der Waals surface area contributed by atoms with Crippen LogP contribution in [-0.4, -0.2) is 36.7 Å². The minimum Gasteiger partial charge on any atom is -0.457 e. The molecule has 0 spiro atoms. The second-order valence-electron chi connectivity index (χ2n) is 11.1. The number of hydrogen-bond acceptors (Lipinski definition) is 7. The molecular formula is C30H27F2N5O3. The Morgan fingerprint density at radius 3 is 2.50 bits per heavy atom. The number of aryl methyl sites for hydroxylation is 1. The summed E-state index contributed by atoms with van der Waals surface area (Å²) in [6.07, 6.45) is 4.65. The monoisotopic (exact) mass is 543 g/mol. The van der Waals surface area contributed by atoms with Gasteiger partial charge < -0.3 is 4.74 Å². The Morgan fingerprint density at radius 1 is 1.05 bits per heavy atom. The van der Waals surface area contributed by atoms with Gasteiger partial charge in [-0.25, -0.2) is 9.37 Å². The van der Waals surface area contributed by atoms with Crippen molar-refractivity contribution in [1.29, 1.82) is 0 Å². The van der Waals surface area contributed by atoms with E-state index >= 15 is 0 Å². The van der Waals surface area contributed by atoms with E-state index in [-0.39, 0.29) is 28.6 Å². The van der Waals surface area contributed by atoms with Crippen LogP contribution in [0.5, 0.6) is 0 Å². The molecule has 1 atom stereocenters. The Kier molecular flexibility index (Phi) is 6.28. The topological polar surface area (TPSA) is 99.9 Å². The molecule has 0 unspecified atom stereocenters. The van der Waals surface area contributed by atoms with Crippen molar-refractivity contribution in [2.75, 3.05) is 0 Å². The van der Waals surface area contributed by atoms with Crippen molar-refractivity contribution in [3.63, 3.8) is 0 Å². The van der Waals surface area contributed by atoms with E-state index in [1.807, 2.05) is 6.07 Å². The highest BCUT2D eigenvalue weighted by atomic mass is 19.1. The molecular weight excluding hydrogens is 516 g/mol. The normalized spacial score (nSPS) is 21.7. The molecule has 3 aromatic heterocycles. The summed E-state index contributed by atoms with van der Waals surface area (Å²) >= 11 is 0. The lowest BCUT2D eigenvalue weighted by Gasteiger charge is -2.71. The molecule has 0 amide bonds. The fraction of sp³-hybridized carbons (Fsp3) is 0.333. The molecule has 8 nitrogen and oxygen atoms in total. The number of esters is 1. The van der Waals surface area contributed by atoms with Gasteiger partial charge >= 0.3 is 5.97 Å². The molecule has 40 heavy (non-hydrogen) atoms. The van der Waals surface area contributed by atoms with Gasteiger partial charge in [0.05, 0.1) is 29.6 Å². The smallest absolute Gasteiger partial charge is 0.312 e. The van der Waals surface area contributed by atoms with Gasteiger partial charge in [0.25, 0.3) is 0 Å². The first-order chi connectivity index (χ1) is 19.2. The maximum absolute atomic E-state index is 14.0. The van der Waals surface area contributed by atoms with Crippen LogP contribution in [0.2, 0.25) is 0 Å². The lowest BCUT2D eigenvalue weighted by Crippen LogP contribution is -2.64. The number of ketones is 1. The van der Waals surface area contributed by atoms with Gasteiger partial charge in [0.15, 0.2) is 5.78 Å². The minimum absolute atomic E-state index is 0.0661. The summed E-state index contributed by atoms with van der Waals surface area (Å²) in [5.74, 6) is -2.25. The Bertz CT molecular complexity index is 1580. The van der Waals surface area contributed by atoms with Gasteiger partial charge in [-0.3, -0.25) is 19.3 Å². The van der Waals surface area contributed by atoms with Crippen LogP contribution in [0.15, 0.2) is 60.9 Å². The molecule has 3 aliphatic carbocycles. The first-order valence-electron chi connectivity index (χ1n) is 13.1. The van der Waals surface area contributed by atoms with E-state index in [9.17, 15) is 18.4 Å². The number of rotatable bonds is 9. The fourth-order valence-corrected chi connectivity index (χ4v) is 6.36. The Morgan fingerprint density at radius 2 is 1.80 bits per heavy atom. The summed E-state index contributed by atoms with van der Waals surface area (Å²) < 4.78 is 34.2. The van der Waals surface area contributed by atoms with Gasteiger partial charge in [-0.2, -0.15) is 4.39 Å². The van der Waals surface area contributed by atoms with Crippen LogP contribution in [0.4, 0.5) is 8.78 Å². The van der Waals surface area contributed by atoms with Crippen LogP contribution in [0, 0.1) is 17.2 Å². The molecule has 0 radical (unpaired) electrons. The third kappa shape index (κ3) is 4.57. The zero-order valence-corrected chi connectivity index (χ0v) is 22.1. The van der Waals surface area contributed by atoms with E-state index in [1.54, 1.807) is 19.2 Å². The second kappa shape index (κ2) is 9.69. The van der Waals surface area contributed by atoms with E-state index in [2.05, 4.69) is 44.5 Å². The predicted molar refractivity (Wildman–Crippen MR) is 140 cm³/mol. The van der Waals surface area contributed by atoms with Gasteiger partial charge in [0.1, 0.15) is 17.6 Å². The standard InChI is InChI=1S/C30H27F2N5O3/c1-18(22-10-21(31)14-34-28(22)32)40-26(39)11-24-27(35-36-37(24)2)23-9-8-19(13-33-23)25(38)12-29-15-30(16-29,17-29)20-6-4-3-5-7-20/h3-10,13-14,18H,11-12,15-17H2,1-2H3/t18-,29?,30?/m1/s1. The van der Waals surface area contributed by atoms with Gasteiger partial charge in [-0.1, -0.05) is 35.5 Å². The van der Waals surface area contributed by atoms with Crippen molar-refractivity contribution in [1.82, 2.24) is 25.0 Å². The fourth-order valence-electron chi connectivity index (χ4n) is 6.36. The highest BCUT2D eigenvalue weighted by molar-refractivity contribution is 5.96. The van der Waals surface area contributed by atoms with Gasteiger partial charge in [0, 0.05) is 25.2 Å². The van der Waals surface area contributed by atoms with Crippen molar-refractivity contribution in [2.45, 2.75) is 50.5 Å². The molecule has 7 rings (SSSR count). The first-order valence-corrected chi connectivity index (χ1v) is 13.1. The quantitative estimate of drug-likeness (QED) is 0.165. The molecule has 1 aromatic carbocycles. The van der Waals surface area contributed by atoms with Crippen LogP contribution in [0.25, 0.3) is 11.4 Å². The molecule has 3 saturated carbocycles. The number of hydrogen-bond donors (Lipinski definition) is 0. The number of nitrogens with zero attached hydrogens (tertiary/aromatic N) is 5. The van der Waals surface area contributed by atoms with Crippen LogP contribution < -0.4 is 0 Å². The van der Waals surface area contributed by atoms with E-state index in [0.29, 0.717) is 29.1 Å². The molecule has 4 aromatic rings. The average Bonchev–Trinajstić information content (AvgIpc) is 3.26. The third-order valence-electron chi connectivity index (χ3n) is 8.22. The van der Waals surface area contributed by atoms with E-state index in [4.69, 9.17) is 4.74 Å². The van der Waals surface area contributed by atoms with Crippen LogP contribution in [0.3, 0.4) is 0 Å². The number of Topliss-reactive ketones (excluding diaryl/α,β-unsaturated/α-hetero) is 1. The van der Waals surface area contributed by atoms with Crippen molar-refractivity contribution in [3.05, 3.63) is 95.1 Å². The molecule has 10 heteroatoms. The maximum atomic E-state index is 14.0. The summed E-state index contributed by atoms with van der Waals surface area (Å²) in [4.78, 5) is 33.5. The Labute approximate surface area is 229 Å². The number of aromatic nitrogens is 5. The van der Waals surface area contributed by atoms with Crippen molar-refractivity contribution < 1.29 is 23.1 Å². The maximum Gasteiger partial charge on any atom is 0.312 e. The number of benzene rings is 1. The molecule has 3 heterocycles. The van der Waals surface area contributed by atoms with Crippen molar-refractivity contribution in [2.24, 2.45) is 12.5 Å². The van der Waals surface area contributed by atoms with Crippen molar-refractivity contribution >= 4 is 11.8 Å². The molecule has 0 saturated heterocycles.